The Hall–Kier alpha value is -2.01. The molecule has 0 atom stereocenters. The minimum atomic E-state index is -0.275. The summed E-state index contributed by atoms with van der Waals surface area (Å²) in [7, 11) is 0. The maximum absolute atomic E-state index is 11.3. The lowest BCUT2D eigenvalue weighted by atomic mass is 10.2. The van der Waals surface area contributed by atoms with Gasteiger partial charge in [0.25, 0.3) is 5.78 Å². The van der Waals surface area contributed by atoms with Crippen LogP contribution in [0.3, 0.4) is 0 Å². The second kappa shape index (κ2) is 3.80. The molecule has 0 saturated heterocycles. The molecule has 0 aliphatic heterocycles. The lowest BCUT2D eigenvalue weighted by Crippen LogP contribution is -1.91. The summed E-state index contributed by atoms with van der Waals surface area (Å²) < 4.78 is 4.92. The van der Waals surface area contributed by atoms with Gasteiger partial charge in [-0.3, -0.25) is 4.79 Å². The fourth-order valence-corrected chi connectivity index (χ4v) is 1.15. The molecule has 0 unspecified atom stereocenters. The van der Waals surface area contributed by atoms with Crippen molar-refractivity contribution >= 4 is 5.78 Å². The highest BCUT2D eigenvalue weighted by Gasteiger charge is 2.04. The van der Waals surface area contributed by atoms with E-state index in [4.69, 9.17) is 4.42 Å². The van der Waals surface area contributed by atoms with Gasteiger partial charge < -0.3 is 4.42 Å². The van der Waals surface area contributed by atoms with E-state index in [9.17, 15) is 4.79 Å². The van der Waals surface area contributed by atoms with Crippen LogP contribution in [-0.4, -0.2) is 5.78 Å². The van der Waals surface area contributed by atoms with Gasteiger partial charge >= 0.3 is 0 Å². The zero-order valence-electron chi connectivity index (χ0n) is 7.49. The van der Waals surface area contributed by atoms with Crippen LogP contribution in [0, 0.1) is 11.8 Å². The molecule has 1 aliphatic carbocycles. The molecule has 1 aliphatic rings. The molecular formula is C12H8O2. The Labute approximate surface area is 81.9 Å². The SMILES string of the molecule is O=C(C#CC1=CC=CC1)c1ccco1. The van der Waals surface area contributed by atoms with Crippen LogP contribution in [0.4, 0.5) is 0 Å². The molecule has 68 valence electrons. The molecule has 0 amide bonds. The molecule has 0 saturated carbocycles. The standard InChI is InChI=1S/C12H8O2/c13-11(12-6-3-9-14-12)8-7-10-4-1-2-5-10/h1-4,6,9H,5H2. The first-order valence-electron chi connectivity index (χ1n) is 4.32. The van der Waals surface area contributed by atoms with E-state index in [1.807, 2.05) is 18.2 Å². The zero-order chi connectivity index (χ0) is 9.80. The second-order valence-corrected chi connectivity index (χ2v) is 2.88. The first kappa shape index (κ1) is 8.58. The van der Waals surface area contributed by atoms with Crippen molar-refractivity contribution in [3.8, 4) is 11.8 Å². The number of Topliss-reactive ketones (excluding diaryl/α,β-unsaturated/α-hetero) is 1. The highest BCUT2D eigenvalue weighted by molar-refractivity contribution is 6.07. The van der Waals surface area contributed by atoms with Gasteiger partial charge in [-0.25, -0.2) is 0 Å². The molecular weight excluding hydrogens is 176 g/mol. The normalized spacial score (nSPS) is 13.3. The zero-order valence-corrected chi connectivity index (χ0v) is 7.49. The number of carbonyl (C=O) groups is 1. The van der Waals surface area contributed by atoms with Gasteiger partial charge in [0.1, 0.15) is 0 Å². The van der Waals surface area contributed by atoms with Crippen molar-refractivity contribution in [1.82, 2.24) is 0 Å². The van der Waals surface area contributed by atoms with Crippen LogP contribution in [0.1, 0.15) is 17.0 Å². The van der Waals surface area contributed by atoms with E-state index < -0.39 is 0 Å². The van der Waals surface area contributed by atoms with Gasteiger partial charge in [-0.05, 0) is 24.5 Å². The van der Waals surface area contributed by atoms with Crippen LogP contribution in [0.25, 0.3) is 0 Å². The van der Waals surface area contributed by atoms with E-state index >= 15 is 0 Å². The fourth-order valence-electron chi connectivity index (χ4n) is 1.15. The molecule has 14 heavy (non-hydrogen) atoms. The summed E-state index contributed by atoms with van der Waals surface area (Å²) >= 11 is 0. The Morgan fingerprint density at radius 2 is 2.43 bits per heavy atom. The van der Waals surface area contributed by atoms with Gasteiger partial charge in [0.05, 0.1) is 6.26 Å². The molecule has 0 spiro atoms. The first-order chi connectivity index (χ1) is 6.86. The van der Waals surface area contributed by atoms with Gasteiger partial charge in [-0.1, -0.05) is 24.1 Å². The minimum absolute atomic E-state index is 0.275. The smallest absolute Gasteiger partial charge is 0.271 e. The van der Waals surface area contributed by atoms with Gasteiger partial charge in [0.2, 0.25) is 0 Å². The van der Waals surface area contributed by atoms with Gasteiger partial charge in [-0.2, -0.15) is 0 Å². The molecule has 0 N–H and O–H groups in total. The third-order valence-electron chi connectivity index (χ3n) is 1.85. The molecule has 0 aromatic carbocycles. The molecule has 0 fully saturated rings. The Morgan fingerprint density at radius 3 is 3.07 bits per heavy atom. The average Bonchev–Trinajstić information content (AvgIpc) is 2.87. The molecule has 2 heteroatoms. The van der Waals surface area contributed by atoms with Crippen LogP contribution in [0.2, 0.25) is 0 Å². The van der Waals surface area contributed by atoms with Gasteiger partial charge in [-0.15, -0.1) is 0 Å². The minimum Gasteiger partial charge on any atom is -0.460 e. The third-order valence-corrected chi connectivity index (χ3v) is 1.85. The highest BCUT2D eigenvalue weighted by atomic mass is 16.3. The van der Waals surface area contributed by atoms with Crippen molar-refractivity contribution in [2.45, 2.75) is 6.42 Å². The number of carbonyl (C=O) groups excluding carboxylic acids is 1. The number of hydrogen-bond donors (Lipinski definition) is 0. The van der Waals surface area contributed by atoms with Crippen LogP contribution in [0.15, 0.2) is 46.6 Å². The molecule has 0 bridgehead atoms. The quantitative estimate of drug-likeness (QED) is 0.381. The number of ketones is 1. The predicted molar refractivity (Wildman–Crippen MR) is 52.7 cm³/mol. The summed E-state index contributed by atoms with van der Waals surface area (Å²) in [4.78, 5) is 11.3. The molecule has 2 nitrogen and oxygen atoms in total. The third kappa shape index (κ3) is 1.83. The van der Waals surface area contributed by atoms with E-state index in [0.29, 0.717) is 5.76 Å². The maximum Gasteiger partial charge on any atom is 0.271 e. The lowest BCUT2D eigenvalue weighted by Gasteiger charge is -1.85. The topological polar surface area (TPSA) is 30.2 Å². The number of rotatable bonds is 1. The second-order valence-electron chi connectivity index (χ2n) is 2.88. The van der Waals surface area contributed by atoms with E-state index in [0.717, 1.165) is 12.0 Å². The maximum atomic E-state index is 11.3. The van der Waals surface area contributed by atoms with Crippen LogP contribution < -0.4 is 0 Å². The predicted octanol–water partition coefficient (Wildman–Crippen LogP) is 2.35. The Morgan fingerprint density at radius 1 is 1.50 bits per heavy atom. The van der Waals surface area contributed by atoms with Crippen LogP contribution in [-0.2, 0) is 0 Å². The van der Waals surface area contributed by atoms with E-state index in [1.165, 1.54) is 6.26 Å². The molecule has 1 heterocycles. The summed E-state index contributed by atoms with van der Waals surface area (Å²) in [6.07, 6.45) is 8.12. The molecule has 1 aromatic rings. The lowest BCUT2D eigenvalue weighted by molar-refractivity contribution is 0.103. The number of allylic oxidation sites excluding steroid dienone is 4. The summed E-state index contributed by atoms with van der Waals surface area (Å²) in [5.74, 6) is 5.36. The van der Waals surface area contributed by atoms with Crippen molar-refractivity contribution in [3.05, 3.63) is 48.0 Å². The Kier molecular flexibility index (Phi) is 2.33. The molecule has 1 aromatic heterocycles. The van der Waals surface area contributed by atoms with Crippen LogP contribution in [0.5, 0.6) is 0 Å². The van der Waals surface area contributed by atoms with E-state index in [2.05, 4.69) is 11.8 Å². The van der Waals surface area contributed by atoms with Gasteiger partial charge in [0, 0.05) is 5.57 Å². The van der Waals surface area contributed by atoms with E-state index in [1.54, 1.807) is 12.1 Å². The highest BCUT2D eigenvalue weighted by Crippen LogP contribution is 2.08. The van der Waals surface area contributed by atoms with E-state index in [-0.39, 0.29) is 5.78 Å². The summed E-state index contributed by atoms with van der Waals surface area (Å²) in [6, 6.07) is 3.28. The largest absolute Gasteiger partial charge is 0.460 e. The Balaban J connectivity index is 2.08. The van der Waals surface area contributed by atoms with Crippen molar-refractivity contribution in [2.75, 3.05) is 0 Å². The number of furan rings is 1. The Bertz CT molecular complexity index is 450. The van der Waals surface area contributed by atoms with Crippen molar-refractivity contribution < 1.29 is 9.21 Å². The summed E-state index contributed by atoms with van der Waals surface area (Å²) in [5.41, 5.74) is 0.963. The van der Waals surface area contributed by atoms with Gasteiger partial charge in [0.15, 0.2) is 5.76 Å². The van der Waals surface area contributed by atoms with Crippen molar-refractivity contribution in [3.63, 3.8) is 0 Å². The first-order valence-corrected chi connectivity index (χ1v) is 4.32. The molecule has 0 radical (unpaired) electrons. The van der Waals surface area contributed by atoms with Crippen molar-refractivity contribution in [1.29, 1.82) is 0 Å². The fraction of sp³-hybridized carbons (Fsp3) is 0.0833. The summed E-state index contributed by atoms with van der Waals surface area (Å²) in [6.45, 7) is 0. The summed E-state index contributed by atoms with van der Waals surface area (Å²) in [5, 5.41) is 0. The van der Waals surface area contributed by atoms with Crippen molar-refractivity contribution in [2.24, 2.45) is 0 Å². The average molecular weight is 184 g/mol. The molecule has 2 rings (SSSR count). The van der Waals surface area contributed by atoms with Crippen LogP contribution >= 0.6 is 0 Å². The number of hydrogen-bond acceptors (Lipinski definition) is 2. The monoisotopic (exact) mass is 184 g/mol.